The second kappa shape index (κ2) is 7.13. The Bertz CT molecular complexity index is 800. The molecule has 0 bridgehead atoms. The van der Waals surface area contributed by atoms with Crippen LogP contribution < -0.4 is 5.73 Å². The van der Waals surface area contributed by atoms with Crippen LogP contribution in [0.2, 0.25) is 0 Å². The largest absolute Gasteiger partial charge is 0.462 e. The van der Waals surface area contributed by atoms with Gasteiger partial charge in [-0.2, -0.15) is 9.78 Å². The molecule has 0 amide bonds. The van der Waals surface area contributed by atoms with Crippen LogP contribution in [0.3, 0.4) is 0 Å². The van der Waals surface area contributed by atoms with E-state index in [1.54, 1.807) is 13.2 Å². The first-order valence-electron chi connectivity index (χ1n) is 6.79. The number of non-ortho nitro benzene ring substituents is 1. The van der Waals surface area contributed by atoms with Crippen LogP contribution in [0.25, 0.3) is 0 Å². The lowest BCUT2D eigenvalue weighted by Crippen LogP contribution is -2.17. The molecule has 2 aromatic rings. The summed E-state index contributed by atoms with van der Waals surface area (Å²) in [6.07, 6.45) is 1.69. The minimum atomic E-state index is -0.665. The van der Waals surface area contributed by atoms with E-state index in [0.29, 0.717) is 0 Å². The summed E-state index contributed by atoms with van der Waals surface area (Å²) in [5, 5.41) is 15.0. The van der Waals surface area contributed by atoms with Gasteiger partial charge in [-0.05, 0) is 25.3 Å². The lowest BCUT2D eigenvalue weighted by atomic mass is 10.2. The molecule has 0 spiro atoms. The molecule has 9 nitrogen and oxygen atoms in total. The zero-order chi connectivity index (χ0) is 17.9. The highest BCUT2D eigenvalue weighted by atomic mass is 32.2. The summed E-state index contributed by atoms with van der Waals surface area (Å²) in [5.41, 5.74) is 5.92. The topological polar surface area (TPSA) is 130 Å². The normalized spacial score (nSPS) is 10.4. The lowest BCUT2D eigenvalue weighted by Gasteiger charge is -2.04. The minimum Gasteiger partial charge on any atom is -0.462 e. The zero-order valence-corrected chi connectivity index (χ0v) is 13.7. The number of nitrogens with zero attached hydrogens (tertiary/aromatic N) is 3. The Morgan fingerprint density at radius 3 is 2.50 bits per heavy atom. The van der Waals surface area contributed by atoms with Gasteiger partial charge in [-0.1, -0.05) is 0 Å². The van der Waals surface area contributed by atoms with Crippen LogP contribution in [0.15, 0.2) is 29.3 Å². The number of aromatic nitrogens is 2. The molecule has 0 radical (unpaired) electrons. The molecule has 0 aliphatic heterocycles. The fourth-order valence-corrected chi connectivity index (χ4v) is 2.51. The van der Waals surface area contributed by atoms with Gasteiger partial charge in [0.2, 0.25) is 0 Å². The molecule has 2 rings (SSSR count). The Hall–Kier alpha value is -2.88. The maximum atomic E-state index is 12.5. The predicted octanol–water partition coefficient (Wildman–Crippen LogP) is 1.96. The molecule has 1 aromatic heterocycles. The second-order valence-electron chi connectivity index (χ2n) is 4.51. The minimum absolute atomic E-state index is 0.0274. The molecule has 0 fully saturated rings. The number of anilines is 1. The molecule has 10 heteroatoms. The van der Waals surface area contributed by atoms with E-state index in [0.717, 1.165) is 16.4 Å². The first kappa shape index (κ1) is 17.5. The highest BCUT2D eigenvalue weighted by Crippen LogP contribution is 2.26. The van der Waals surface area contributed by atoms with Crippen molar-refractivity contribution in [2.24, 2.45) is 0 Å². The van der Waals surface area contributed by atoms with E-state index in [9.17, 15) is 19.7 Å². The van der Waals surface area contributed by atoms with E-state index in [2.05, 4.69) is 5.10 Å². The number of esters is 1. The van der Waals surface area contributed by atoms with Gasteiger partial charge in [0, 0.05) is 17.7 Å². The quantitative estimate of drug-likeness (QED) is 0.375. The molecule has 126 valence electrons. The average molecular weight is 350 g/mol. The van der Waals surface area contributed by atoms with Gasteiger partial charge < -0.3 is 10.5 Å². The molecule has 0 aliphatic carbocycles. The summed E-state index contributed by atoms with van der Waals surface area (Å²) >= 11 is 1.15. The molecule has 24 heavy (non-hydrogen) atoms. The Morgan fingerprint density at radius 1 is 1.38 bits per heavy atom. The number of nitrogen functional groups attached to an aromatic ring is 1. The SMILES string of the molecule is CCOC(=O)c1c(SC)nn(C(=O)c2ccc([N+](=O)[O-])cc2)c1N. The fourth-order valence-electron chi connectivity index (χ4n) is 1.95. The molecule has 1 aromatic carbocycles. The summed E-state index contributed by atoms with van der Waals surface area (Å²) in [4.78, 5) is 34.6. The van der Waals surface area contributed by atoms with Crippen molar-refractivity contribution in [2.45, 2.75) is 11.9 Å². The standard InChI is InChI=1S/C14H14N4O5S/c1-3-23-14(20)10-11(15)17(16-12(10)24-2)13(19)8-4-6-9(7-5-8)18(21)22/h4-7H,3,15H2,1-2H3. The number of hydrogen-bond donors (Lipinski definition) is 1. The van der Waals surface area contributed by atoms with Crippen LogP contribution >= 0.6 is 11.8 Å². The van der Waals surface area contributed by atoms with E-state index in [1.807, 2.05) is 0 Å². The van der Waals surface area contributed by atoms with Gasteiger partial charge in [-0.25, -0.2) is 4.79 Å². The third kappa shape index (κ3) is 3.23. The number of benzene rings is 1. The van der Waals surface area contributed by atoms with E-state index in [1.165, 1.54) is 24.3 Å². The number of hydrogen-bond acceptors (Lipinski definition) is 8. The first-order chi connectivity index (χ1) is 11.4. The number of nitrogens with two attached hydrogens (primary N) is 1. The second-order valence-corrected chi connectivity index (χ2v) is 5.31. The molecular formula is C14H14N4O5S. The number of rotatable bonds is 5. The van der Waals surface area contributed by atoms with Crippen molar-refractivity contribution in [2.75, 3.05) is 18.6 Å². The Kier molecular flexibility index (Phi) is 5.19. The van der Waals surface area contributed by atoms with Crippen LogP contribution in [0.5, 0.6) is 0 Å². The average Bonchev–Trinajstić information content (AvgIpc) is 2.91. The van der Waals surface area contributed by atoms with Gasteiger partial charge in [0.25, 0.3) is 11.6 Å². The summed E-state index contributed by atoms with van der Waals surface area (Å²) in [6, 6.07) is 5.00. The van der Waals surface area contributed by atoms with E-state index in [4.69, 9.17) is 10.5 Å². The number of carbonyl (C=O) groups is 2. The van der Waals surface area contributed by atoms with Crippen LogP contribution in [0.4, 0.5) is 11.5 Å². The van der Waals surface area contributed by atoms with Crippen molar-refractivity contribution in [1.29, 1.82) is 0 Å². The van der Waals surface area contributed by atoms with E-state index >= 15 is 0 Å². The smallest absolute Gasteiger partial charge is 0.344 e. The number of carbonyl (C=O) groups excluding carboxylic acids is 2. The van der Waals surface area contributed by atoms with E-state index in [-0.39, 0.29) is 34.3 Å². The molecule has 1 heterocycles. The lowest BCUT2D eigenvalue weighted by molar-refractivity contribution is -0.384. The van der Waals surface area contributed by atoms with Crippen LogP contribution in [0, 0.1) is 10.1 Å². The molecule has 0 atom stereocenters. The van der Waals surface area contributed by atoms with Crippen LogP contribution in [-0.4, -0.2) is 39.4 Å². The fraction of sp³-hybridized carbons (Fsp3) is 0.214. The maximum Gasteiger partial charge on any atom is 0.344 e. The summed E-state index contributed by atoms with van der Waals surface area (Å²) in [5.74, 6) is -1.41. The number of thioether (sulfide) groups is 1. The molecule has 0 saturated heterocycles. The summed E-state index contributed by atoms with van der Waals surface area (Å²) in [7, 11) is 0. The van der Waals surface area contributed by atoms with Crippen molar-refractivity contribution in [1.82, 2.24) is 9.78 Å². The first-order valence-corrected chi connectivity index (χ1v) is 8.01. The zero-order valence-electron chi connectivity index (χ0n) is 12.9. The third-order valence-corrected chi connectivity index (χ3v) is 3.75. The highest BCUT2D eigenvalue weighted by molar-refractivity contribution is 7.98. The van der Waals surface area contributed by atoms with Crippen molar-refractivity contribution in [3.8, 4) is 0 Å². The monoisotopic (exact) mass is 350 g/mol. The van der Waals surface area contributed by atoms with Crippen molar-refractivity contribution in [3.63, 3.8) is 0 Å². The van der Waals surface area contributed by atoms with Gasteiger partial charge in [0.15, 0.2) is 0 Å². The van der Waals surface area contributed by atoms with Crippen LogP contribution in [0.1, 0.15) is 27.6 Å². The van der Waals surface area contributed by atoms with Gasteiger partial charge >= 0.3 is 5.97 Å². The van der Waals surface area contributed by atoms with E-state index < -0.39 is 16.8 Å². The molecule has 0 saturated carbocycles. The number of ether oxygens (including phenoxy) is 1. The third-order valence-electron chi connectivity index (χ3n) is 3.08. The van der Waals surface area contributed by atoms with Gasteiger partial charge in [0.1, 0.15) is 16.4 Å². The van der Waals surface area contributed by atoms with Gasteiger partial charge in [-0.3, -0.25) is 14.9 Å². The van der Waals surface area contributed by atoms with Crippen LogP contribution in [-0.2, 0) is 4.74 Å². The Balaban J connectivity index is 2.42. The van der Waals surface area contributed by atoms with Crippen molar-refractivity contribution >= 4 is 35.1 Å². The molecule has 0 aliphatic rings. The Labute approximate surface area is 140 Å². The highest BCUT2D eigenvalue weighted by Gasteiger charge is 2.26. The maximum absolute atomic E-state index is 12.5. The molecule has 0 unspecified atom stereocenters. The predicted molar refractivity (Wildman–Crippen MR) is 87.2 cm³/mol. The van der Waals surface area contributed by atoms with Crippen molar-refractivity contribution in [3.05, 3.63) is 45.5 Å². The summed E-state index contributed by atoms with van der Waals surface area (Å²) < 4.78 is 5.81. The number of nitro groups is 1. The molecule has 2 N–H and O–H groups in total. The summed E-state index contributed by atoms with van der Waals surface area (Å²) in [6.45, 7) is 1.81. The Morgan fingerprint density at radius 2 is 2.00 bits per heavy atom. The molecular weight excluding hydrogens is 336 g/mol. The number of nitro benzene ring substituents is 1. The van der Waals surface area contributed by atoms with Gasteiger partial charge in [0.05, 0.1) is 11.5 Å². The van der Waals surface area contributed by atoms with Gasteiger partial charge in [-0.15, -0.1) is 11.8 Å². The van der Waals surface area contributed by atoms with Crippen molar-refractivity contribution < 1.29 is 19.2 Å².